The van der Waals surface area contributed by atoms with Gasteiger partial charge in [-0.1, -0.05) is 25.5 Å². The molecule has 0 amide bonds. The number of H-pyrrole nitrogens is 1. The van der Waals surface area contributed by atoms with Crippen molar-refractivity contribution in [1.82, 2.24) is 4.98 Å². The molecular formula is C22H22F2N2O. The number of benzene rings is 2. The molecule has 27 heavy (non-hydrogen) atoms. The van der Waals surface area contributed by atoms with Gasteiger partial charge in [-0.25, -0.2) is 8.78 Å². The molecule has 1 aliphatic heterocycles. The molecule has 1 fully saturated rings. The summed E-state index contributed by atoms with van der Waals surface area (Å²) >= 11 is 0. The Labute approximate surface area is 156 Å². The molecule has 1 aromatic heterocycles. The van der Waals surface area contributed by atoms with Crippen LogP contribution in [0.15, 0.2) is 41.2 Å². The van der Waals surface area contributed by atoms with Crippen molar-refractivity contribution < 1.29 is 8.78 Å². The minimum Gasteiger partial charge on any atom is -0.371 e. The summed E-state index contributed by atoms with van der Waals surface area (Å²) in [5.41, 5.74) is 2.77. The average molecular weight is 368 g/mol. The van der Waals surface area contributed by atoms with Crippen LogP contribution in [0, 0.1) is 24.5 Å². The van der Waals surface area contributed by atoms with Gasteiger partial charge in [-0.2, -0.15) is 0 Å². The fourth-order valence-electron chi connectivity index (χ4n) is 3.96. The Morgan fingerprint density at radius 3 is 2.59 bits per heavy atom. The van der Waals surface area contributed by atoms with E-state index >= 15 is 0 Å². The monoisotopic (exact) mass is 368 g/mol. The number of fused-ring (bicyclic) bond motifs is 1. The third kappa shape index (κ3) is 3.11. The molecule has 1 atom stereocenters. The summed E-state index contributed by atoms with van der Waals surface area (Å²) in [5.74, 6) is -0.801. The fraction of sp³-hybridized carbons (Fsp3) is 0.318. The molecule has 4 rings (SSSR count). The van der Waals surface area contributed by atoms with Gasteiger partial charge in [0.25, 0.3) is 0 Å². The number of hydrogen-bond donors (Lipinski definition) is 1. The van der Waals surface area contributed by atoms with Crippen LogP contribution in [0.5, 0.6) is 0 Å². The van der Waals surface area contributed by atoms with E-state index in [1.807, 2.05) is 24.3 Å². The smallest absolute Gasteiger partial charge is 0.195 e. The SMILES string of the molecule is CC[C@H]1CCN(c2ccc(-c3[nH]c4cc(F)cc(F)c4c(=O)c3C)cc2)C1. The van der Waals surface area contributed by atoms with Crippen LogP contribution in [0.2, 0.25) is 0 Å². The van der Waals surface area contributed by atoms with E-state index in [0.29, 0.717) is 11.3 Å². The molecule has 0 unspecified atom stereocenters. The lowest BCUT2D eigenvalue weighted by molar-refractivity contribution is 0.569. The van der Waals surface area contributed by atoms with Crippen LogP contribution in [0.3, 0.4) is 0 Å². The van der Waals surface area contributed by atoms with Gasteiger partial charge >= 0.3 is 0 Å². The van der Waals surface area contributed by atoms with E-state index < -0.39 is 17.1 Å². The molecule has 140 valence electrons. The molecule has 2 aromatic carbocycles. The lowest BCUT2D eigenvalue weighted by Crippen LogP contribution is -2.19. The van der Waals surface area contributed by atoms with E-state index in [-0.39, 0.29) is 10.9 Å². The largest absolute Gasteiger partial charge is 0.371 e. The first-order chi connectivity index (χ1) is 13.0. The molecule has 2 heterocycles. The maximum absolute atomic E-state index is 14.0. The van der Waals surface area contributed by atoms with E-state index in [0.717, 1.165) is 42.4 Å². The number of nitrogens with one attached hydrogen (secondary N) is 1. The molecule has 0 aliphatic carbocycles. The maximum Gasteiger partial charge on any atom is 0.195 e. The number of anilines is 1. The molecule has 0 bridgehead atoms. The van der Waals surface area contributed by atoms with Crippen LogP contribution < -0.4 is 10.3 Å². The highest BCUT2D eigenvalue weighted by Crippen LogP contribution is 2.29. The molecule has 0 spiro atoms. The van der Waals surface area contributed by atoms with Gasteiger partial charge in [0, 0.05) is 30.4 Å². The molecule has 1 aliphatic rings. The average Bonchev–Trinajstić information content (AvgIpc) is 3.13. The van der Waals surface area contributed by atoms with Gasteiger partial charge in [-0.05, 0) is 43.0 Å². The Morgan fingerprint density at radius 1 is 1.19 bits per heavy atom. The van der Waals surface area contributed by atoms with Crippen molar-refractivity contribution in [3.63, 3.8) is 0 Å². The Bertz CT molecular complexity index is 1060. The highest BCUT2D eigenvalue weighted by atomic mass is 19.1. The van der Waals surface area contributed by atoms with Gasteiger partial charge in [0.1, 0.15) is 11.6 Å². The Kier molecular flexibility index (Phi) is 4.46. The third-order valence-electron chi connectivity index (χ3n) is 5.64. The van der Waals surface area contributed by atoms with Crippen molar-refractivity contribution in [3.05, 3.63) is 63.8 Å². The molecule has 3 aromatic rings. The van der Waals surface area contributed by atoms with Crippen molar-refractivity contribution in [2.75, 3.05) is 18.0 Å². The van der Waals surface area contributed by atoms with Crippen LogP contribution in [-0.4, -0.2) is 18.1 Å². The van der Waals surface area contributed by atoms with E-state index in [1.165, 1.54) is 12.8 Å². The number of aromatic amines is 1. The summed E-state index contributed by atoms with van der Waals surface area (Å²) in [7, 11) is 0. The topological polar surface area (TPSA) is 36.1 Å². The molecule has 1 N–H and O–H groups in total. The lowest BCUT2D eigenvalue weighted by Gasteiger charge is -2.19. The van der Waals surface area contributed by atoms with Gasteiger partial charge in [0.05, 0.1) is 16.6 Å². The fourth-order valence-corrected chi connectivity index (χ4v) is 3.96. The number of rotatable bonds is 3. The normalized spacial score (nSPS) is 17.0. The number of nitrogens with zero attached hydrogens (tertiary/aromatic N) is 1. The second-order valence-corrected chi connectivity index (χ2v) is 7.32. The van der Waals surface area contributed by atoms with Gasteiger partial charge in [-0.15, -0.1) is 0 Å². The summed E-state index contributed by atoms with van der Waals surface area (Å²) in [6.45, 7) is 6.01. The Hall–Kier alpha value is -2.69. The quantitative estimate of drug-likeness (QED) is 0.705. The van der Waals surface area contributed by atoms with Crippen LogP contribution in [0.4, 0.5) is 14.5 Å². The van der Waals surface area contributed by atoms with Gasteiger partial charge in [-0.3, -0.25) is 4.79 Å². The van der Waals surface area contributed by atoms with E-state index in [4.69, 9.17) is 0 Å². The lowest BCUT2D eigenvalue weighted by atomic mass is 10.0. The van der Waals surface area contributed by atoms with Crippen molar-refractivity contribution in [2.24, 2.45) is 5.92 Å². The zero-order valence-corrected chi connectivity index (χ0v) is 15.5. The van der Waals surface area contributed by atoms with Crippen molar-refractivity contribution in [3.8, 4) is 11.3 Å². The standard InChI is InChI=1S/C22H22F2N2O/c1-3-14-8-9-26(12-14)17-6-4-15(5-7-17)21-13(2)22(27)20-18(24)10-16(23)11-19(20)25-21/h4-7,10-11,14H,3,8-9,12H2,1-2H3,(H,25,27)/t14-/m0/s1. The van der Waals surface area contributed by atoms with E-state index in [1.54, 1.807) is 6.92 Å². The highest BCUT2D eigenvalue weighted by Gasteiger charge is 2.21. The summed E-state index contributed by atoms with van der Waals surface area (Å²) < 4.78 is 27.6. The Balaban J connectivity index is 1.74. The molecule has 5 heteroatoms. The second kappa shape index (κ2) is 6.80. The summed E-state index contributed by atoms with van der Waals surface area (Å²) in [5, 5.41) is -0.100. The zero-order chi connectivity index (χ0) is 19.1. The number of halogens is 2. The van der Waals surface area contributed by atoms with E-state index in [9.17, 15) is 13.6 Å². The third-order valence-corrected chi connectivity index (χ3v) is 5.64. The first-order valence-corrected chi connectivity index (χ1v) is 9.35. The van der Waals surface area contributed by atoms with Crippen LogP contribution >= 0.6 is 0 Å². The van der Waals surface area contributed by atoms with Gasteiger partial charge in [0.15, 0.2) is 5.43 Å². The molecule has 3 nitrogen and oxygen atoms in total. The van der Waals surface area contributed by atoms with E-state index in [2.05, 4.69) is 16.8 Å². The molecule has 1 saturated heterocycles. The zero-order valence-electron chi connectivity index (χ0n) is 15.5. The van der Waals surface area contributed by atoms with Gasteiger partial charge in [0.2, 0.25) is 0 Å². The minimum absolute atomic E-state index is 0.100. The van der Waals surface area contributed by atoms with Crippen molar-refractivity contribution >= 4 is 16.6 Å². The van der Waals surface area contributed by atoms with Crippen LogP contribution in [-0.2, 0) is 0 Å². The molecule has 0 saturated carbocycles. The Morgan fingerprint density at radius 2 is 1.93 bits per heavy atom. The van der Waals surface area contributed by atoms with Crippen molar-refractivity contribution in [2.45, 2.75) is 26.7 Å². The van der Waals surface area contributed by atoms with Crippen LogP contribution in [0.25, 0.3) is 22.2 Å². The summed E-state index contributed by atoms with van der Waals surface area (Å²) in [4.78, 5) is 18.0. The number of aromatic nitrogens is 1. The number of hydrogen-bond acceptors (Lipinski definition) is 2. The maximum atomic E-state index is 14.0. The van der Waals surface area contributed by atoms with Crippen molar-refractivity contribution in [1.29, 1.82) is 0 Å². The number of pyridine rings is 1. The summed E-state index contributed by atoms with van der Waals surface area (Å²) in [6, 6.07) is 9.89. The van der Waals surface area contributed by atoms with Crippen LogP contribution in [0.1, 0.15) is 25.3 Å². The minimum atomic E-state index is -0.837. The first-order valence-electron chi connectivity index (χ1n) is 9.35. The highest BCUT2D eigenvalue weighted by molar-refractivity contribution is 5.84. The molecule has 0 radical (unpaired) electrons. The van der Waals surface area contributed by atoms with Gasteiger partial charge < -0.3 is 9.88 Å². The molecular weight excluding hydrogens is 346 g/mol. The second-order valence-electron chi connectivity index (χ2n) is 7.32. The predicted molar refractivity (Wildman–Crippen MR) is 105 cm³/mol. The summed E-state index contributed by atoms with van der Waals surface area (Å²) in [6.07, 6.45) is 2.41. The first kappa shape index (κ1) is 17.7. The predicted octanol–water partition coefficient (Wildman–Crippen LogP) is 5.02.